The summed E-state index contributed by atoms with van der Waals surface area (Å²) in [6, 6.07) is 0.652. The minimum atomic E-state index is -0.590. The summed E-state index contributed by atoms with van der Waals surface area (Å²) in [5.74, 6) is 3.47. The summed E-state index contributed by atoms with van der Waals surface area (Å²) < 4.78 is 5.91. The number of carbonyl (C=O) groups is 1. The molecule has 0 radical (unpaired) electrons. The van der Waals surface area contributed by atoms with Gasteiger partial charge in [0, 0.05) is 31.2 Å². The number of likely N-dealkylation sites (tertiary alicyclic amines) is 1. The number of morpholine rings is 1. The molecule has 48 heavy (non-hydrogen) atoms. The molecule has 0 amide bonds. The largest absolute Gasteiger partial charge is 0.481 e. The summed E-state index contributed by atoms with van der Waals surface area (Å²) in [5, 5.41) is 14.0. The van der Waals surface area contributed by atoms with Crippen molar-refractivity contribution < 1.29 is 14.6 Å². The normalized spacial score (nSPS) is 52.8. The van der Waals surface area contributed by atoms with Crippen LogP contribution in [0.2, 0.25) is 0 Å². The van der Waals surface area contributed by atoms with Crippen LogP contribution in [0.3, 0.4) is 0 Å². The summed E-state index contributed by atoms with van der Waals surface area (Å²) in [5.41, 5.74) is 5.94. The van der Waals surface area contributed by atoms with E-state index in [9.17, 15) is 9.90 Å². The lowest BCUT2D eigenvalue weighted by Gasteiger charge is -2.72. The number of ether oxygens (including phenoxy) is 1. The number of rotatable bonds is 7. The Morgan fingerprint density at radius 2 is 1.85 bits per heavy atom. The molecule has 5 nitrogen and oxygen atoms in total. The van der Waals surface area contributed by atoms with E-state index in [1.165, 1.54) is 81.9 Å². The second-order valence-electron chi connectivity index (χ2n) is 20.2. The minimum absolute atomic E-state index is 0.123. The van der Waals surface area contributed by atoms with Crippen molar-refractivity contribution in [3.05, 3.63) is 35.5 Å². The number of carboxylic acids is 1. The van der Waals surface area contributed by atoms with Crippen molar-refractivity contribution in [2.24, 2.45) is 69.0 Å². The summed E-state index contributed by atoms with van der Waals surface area (Å²) >= 11 is 0. The van der Waals surface area contributed by atoms with E-state index in [1.54, 1.807) is 5.57 Å². The first kappa shape index (κ1) is 32.5. The van der Waals surface area contributed by atoms with Gasteiger partial charge in [-0.2, -0.15) is 0 Å². The maximum absolute atomic E-state index is 11.7. The molecule has 5 saturated carbocycles. The molecule has 2 aliphatic heterocycles. The van der Waals surface area contributed by atoms with E-state index in [1.807, 2.05) is 0 Å². The average molecular weight is 657 g/mol. The third kappa shape index (κ3) is 4.22. The molecule has 7 fully saturated rings. The Morgan fingerprint density at radius 3 is 2.52 bits per heavy atom. The number of nitrogens with zero attached hydrogens (tertiary/aromatic N) is 1. The van der Waals surface area contributed by atoms with Crippen molar-refractivity contribution in [1.29, 1.82) is 0 Å². The van der Waals surface area contributed by atoms with Crippen LogP contribution in [0.15, 0.2) is 35.5 Å². The number of nitrogens with one attached hydrogen (secondary N) is 1. The van der Waals surface area contributed by atoms with Crippen LogP contribution < -0.4 is 5.32 Å². The van der Waals surface area contributed by atoms with Crippen molar-refractivity contribution in [3.8, 4) is 0 Å². The first-order chi connectivity index (χ1) is 22.7. The molecule has 2 bridgehead atoms. The summed E-state index contributed by atoms with van der Waals surface area (Å²) in [4.78, 5) is 14.4. The van der Waals surface area contributed by atoms with Gasteiger partial charge in [-0.3, -0.25) is 9.69 Å². The molecule has 0 aromatic rings. The van der Waals surface area contributed by atoms with Crippen molar-refractivity contribution in [2.75, 3.05) is 26.2 Å². The van der Waals surface area contributed by atoms with Gasteiger partial charge in [0.2, 0.25) is 0 Å². The number of allylic oxidation sites excluding steroid dienone is 5. The number of carboxylic acid groups (broad SMARTS) is 1. The lowest BCUT2D eigenvalue weighted by molar-refractivity contribution is -0.221. The molecule has 0 spiro atoms. The van der Waals surface area contributed by atoms with E-state index in [0.717, 1.165) is 38.0 Å². The zero-order valence-electron chi connectivity index (χ0n) is 31.0. The number of hydrogen-bond donors (Lipinski definition) is 2. The van der Waals surface area contributed by atoms with Gasteiger partial charge in [0.1, 0.15) is 0 Å². The van der Waals surface area contributed by atoms with E-state index in [0.29, 0.717) is 52.1 Å². The zero-order chi connectivity index (χ0) is 33.6. The molecule has 3 unspecified atom stereocenters. The molecule has 9 rings (SSSR count). The van der Waals surface area contributed by atoms with E-state index >= 15 is 0 Å². The highest BCUT2D eigenvalue weighted by Gasteiger charge is 2.70. The highest BCUT2D eigenvalue weighted by Crippen LogP contribution is 2.77. The highest BCUT2D eigenvalue weighted by molar-refractivity contribution is 5.76. The van der Waals surface area contributed by atoms with Gasteiger partial charge in [0.05, 0.1) is 18.6 Å². The van der Waals surface area contributed by atoms with Gasteiger partial charge in [-0.25, -0.2) is 0 Å². The van der Waals surface area contributed by atoms with Crippen LogP contribution in [0.25, 0.3) is 0 Å². The predicted molar refractivity (Wildman–Crippen MR) is 191 cm³/mol. The Labute approximate surface area is 290 Å². The minimum Gasteiger partial charge on any atom is -0.481 e. The van der Waals surface area contributed by atoms with Gasteiger partial charge in [-0.1, -0.05) is 58.9 Å². The molecular weight excluding hydrogens is 592 g/mol. The third-order valence-electron chi connectivity index (χ3n) is 18.2. The van der Waals surface area contributed by atoms with Crippen LogP contribution in [-0.2, 0) is 9.53 Å². The Bertz CT molecular complexity index is 1460. The number of fused-ring (bicyclic) bond motifs is 10. The van der Waals surface area contributed by atoms with Gasteiger partial charge < -0.3 is 15.2 Å². The Hall–Kier alpha value is -1.43. The molecule has 2 heterocycles. The quantitative estimate of drug-likeness (QED) is 0.270. The van der Waals surface area contributed by atoms with Crippen LogP contribution in [-0.4, -0.2) is 59.9 Å². The lowest BCUT2D eigenvalue weighted by Crippen LogP contribution is -2.68. The standard InChI is InChI=1S/C43H64N2O3/c1-25(2)29-10-15-43(44-18-19-45-23-28-22-27(45)24-48-28)17-16-41(6)33(37(29)43)8-9-35-40(5)13-11-32(26-20-30-31(21-26)36(30)38(46)47)39(3,4)34(40)12-14-42(35,41)7/h11,20,27-31,33-37,44H,1,8-10,12-19,21-24H2,2-7H3,(H,46,47)/t27-,28-,29-,30?,31?,33+,34-,35+,36?,37+,40-,41+,42+,43-/m0/s1. The van der Waals surface area contributed by atoms with Gasteiger partial charge in [0.25, 0.3) is 0 Å². The van der Waals surface area contributed by atoms with Gasteiger partial charge in [-0.15, -0.1) is 0 Å². The molecule has 2 saturated heterocycles. The van der Waals surface area contributed by atoms with Crippen LogP contribution in [0.5, 0.6) is 0 Å². The van der Waals surface area contributed by atoms with Crippen molar-refractivity contribution in [1.82, 2.24) is 10.2 Å². The van der Waals surface area contributed by atoms with E-state index in [4.69, 9.17) is 4.74 Å². The van der Waals surface area contributed by atoms with Crippen LogP contribution >= 0.6 is 0 Å². The summed E-state index contributed by atoms with van der Waals surface area (Å²) in [6.45, 7) is 24.7. The monoisotopic (exact) mass is 656 g/mol. The molecule has 0 aromatic carbocycles. The predicted octanol–water partition coefficient (Wildman–Crippen LogP) is 8.27. The molecule has 9 aliphatic rings. The second-order valence-corrected chi connectivity index (χ2v) is 20.2. The third-order valence-corrected chi connectivity index (χ3v) is 18.2. The molecule has 5 heteroatoms. The summed E-state index contributed by atoms with van der Waals surface area (Å²) in [7, 11) is 0. The summed E-state index contributed by atoms with van der Waals surface area (Å²) in [6.07, 6.45) is 19.7. The van der Waals surface area contributed by atoms with Crippen molar-refractivity contribution >= 4 is 5.97 Å². The van der Waals surface area contributed by atoms with E-state index in [-0.39, 0.29) is 22.8 Å². The smallest absolute Gasteiger partial charge is 0.307 e. The second kappa shape index (κ2) is 10.6. The topological polar surface area (TPSA) is 61.8 Å². The number of aliphatic carboxylic acids is 1. The van der Waals surface area contributed by atoms with E-state index < -0.39 is 5.97 Å². The number of hydrogen-bond acceptors (Lipinski definition) is 4. The van der Waals surface area contributed by atoms with Crippen molar-refractivity contribution in [3.63, 3.8) is 0 Å². The Morgan fingerprint density at radius 1 is 1.04 bits per heavy atom. The fourth-order valence-electron chi connectivity index (χ4n) is 15.8. The highest BCUT2D eigenvalue weighted by atomic mass is 16.5. The Kier molecular flexibility index (Phi) is 7.15. The zero-order valence-corrected chi connectivity index (χ0v) is 31.0. The first-order valence-electron chi connectivity index (χ1n) is 20.1. The molecule has 264 valence electrons. The molecule has 14 atom stereocenters. The van der Waals surface area contributed by atoms with Gasteiger partial charge in [0.15, 0.2) is 0 Å². The molecule has 0 aromatic heterocycles. The first-order valence-corrected chi connectivity index (χ1v) is 20.1. The fourth-order valence-corrected chi connectivity index (χ4v) is 15.8. The van der Waals surface area contributed by atoms with Gasteiger partial charge >= 0.3 is 5.97 Å². The van der Waals surface area contributed by atoms with E-state index in [2.05, 4.69) is 70.5 Å². The SMILES string of the molecule is C=C(C)[C@@H]1CC[C@]2(NCCN3C[C@@H]4C[C@H]3CO4)CC[C@]3(C)[C@H](CC[C@@H]4[C@@]5(C)CC=C(C6=CC7C(C6)C7C(=O)O)C(C)(C)[C@@H]5CC[C@]43C)[C@@H]12. The fraction of sp³-hybridized carbons (Fsp3) is 0.837. The van der Waals surface area contributed by atoms with Crippen LogP contribution in [0, 0.1) is 69.0 Å². The maximum atomic E-state index is 11.7. The molecule has 7 aliphatic carbocycles. The molecule has 2 N–H and O–H groups in total. The lowest BCUT2D eigenvalue weighted by atomic mass is 9.33. The molecular formula is C43H64N2O3. The Balaban J connectivity index is 0.977. The van der Waals surface area contributed by atoms with Crippen LogP contribution in [0.1, 0.15) is 112 Å². The van der Waals surface area contributed by atoms with Crippen molar-refractivity contribution in [2.45, 2.75) is 130 Å². The van der Waals surface area contributed by atoms with Gasteiger partial charge in [-0.05, 0) is 152 Å². The van der Waals surface area contributed by atoms with Crippen LogP contribution in [0.4, 0.5) is 0 Å². The maximum Gasteiger partial charge on any atom is 0.307 e. The average Bonchev–Trinajstić information content (AvgIpc) is 3.54.